The lowest BCUT2D eigenvalue weighted by Crippen LogP contribution is -2.08. The molecule has 40 heavy (non-hydrogen) atoms. The maximum atomic E-state index is 13.4. The van der Waals surface area contributed by atoms with E-state index in [0.717, 1.165) is 0 Å². The summed E-state index contributed by atoms with van der Waals surface area (Å²) < 4.78 is 35.7. The van der Waals surface area contributed by atoms with Crippen LogP contribution < -0.4 is 19.5 Å². The van der Waals surface area contributed by atoms with Crippen LogP contribution in [0.2, 0.25) is 0 Å². The highest BCUT2D eigenvalue weighted by atomic mass is 19.1. The molecule has 3 aromatic carbocycles. The summed E-state index contributed by atoms with van der Waals surface area (Å²) in [4.78, 5) is 33.6. The molecule has 9 nitrogen and oxygen atoms in total. The molecule has 202 valence electrons. The summed E-state index contributed by atoms with van der Waals surface area (Å²) in [5, 5.41) is 3.92. The number of allylic oxidation sites excluding steroid dienone is 4. The van der Waals surface area contributed by atoms with Crippen LogP contribution in [0.4, 0.5) is 15.9 Å². The molecule has 0 amide bonds. The smallest absolute Gasteiger partial charge is 0.186 e. The molecule has 1 heterocycles. The molecule has 1 aliphatic rings. The van der Waals surface area contributed by atoms with Gasteiger partial charge >= 0.3 is 0 Å². The van der Waals surface area contributed by atoms with Gasteiger partial charge in [0.1, 0.15) is 36.1 Å². The van der Waals surface area contributed by atoms with E-state index < -0.39 is 5.82 Å². The maximum absolute atomic E-state index is 13.4. The number of nitrogens with one attached hydrogen (secondary N) is 1. The standard InChI is InChI=1S/C30H24FN3O6/c1-37-11-12-39-29-16-25-24(15-28(29)38-2)30(33-17-32-25)34-19-5-10-27(40-21-7-3-18(31)4-8-21)23(13-19)22-14-20(35)6-9-26(22)36/h3-10,13-17H,11-12H2,1-2H3,(H,32,33,34). The van der Waals surface area contributed by atoms with Crippen molar-refractivity contribution in [2.24, 2.45) is 0 Å². The first-order chi connectivity index (χ1) is 19.4. The third kappa shape index (κ3) is 5.82. The monoisotopic (exact) mass is 541 g/mol. The molecule has 10 heteroatoms. The van der Waals surface area contributed by atoms with Crippen molar-refractivity contribution in [3.05, 3.63) is 90.5 Å². The average Bonchev–Trinajstić information content (AvgIpc) is 2.96. The van der Waals surface area contributed by atoms with Crippen molar-refractivity contribution in [1.82, 2.24) is 9.97 Å². The predicted molar refractivity (Wildman–Crippen MR) is 147 cm³/mol. The molecule has 0 atom stereocenters. The van der Waals surface area contributed by atoms with E-state index in [1.807, 2.05) is 0 Å². The lowest BCUT2D eigenvalue weighted by Gasteiger charge is -2.17. The zero-order valence-corrected chi connectivity index (χ0v) is 21.6. The van der Waals surface area contributed by atoms with E-state index in [4.69, 9.17) is 18.9 Å². The fraction of sp³-hybridized carbons (Fsp3) is 0.133. The van der Waals surface area contributed by atoms with E-state index in [0.29, 0.717) is 64.2 Å². The normalized spacial score (nSPS) is 12.8. The molecule has 4 aromatic rings. The molecule has 1 aliphatic carbocycles. The Labute approximate surface area is 228 Å². The van der Waals surface area contributed by atoms with Gasteiger partial charge in [-0.3, -0.25) is 9.59 Å². The van der Waals surface area contributed by atoms with Gasteiger partial charge < -0.3 is 24.3 Å². The fourth-order valence-electron chi connectivity index (χ4n) is 4.06. The van der Waals surface area contributed by atoms with E-state index in [9.17, 15) is 14.0 Å². The number of benzene rings is 3. The third-order valence-corrected chi connectivity index (χ3v) is 5.99. The van der Waals surface area contributed by atoms with Crippen LogP contribution in [-0.2, 0) is 14.3 Å². The first kappa shape index (κ1) is 26.5. The second kappa shape index (κ2) is 11.7. The van der Waals surface area contributed by atoms with Gasteiger partial charge in [-0.2, -0.15) is 0 Å². The van der Waals surface area contributed by atoms with Gasteiger partial charge in [-0.15, -0.1) is 0 Å². The van der Waals surface area contributed by atoms with Gasteiger partial charge in [0.15, 0.2) is 23.1 Å². The quantitative estimate of drug-likeness (QED) is 0.208. The first-order valence-corrected chi connectivity index (χ1v) is 12.2. The Bertz CT molecular complexity index is 1650. The van der Waals surface area contributed by atoms with Gasteiger partial charge in [0, 0.05) is 35.4 Å². The van der Waals surface area contributed by atoms with Gasteiger partial charge in [0.05, 0.1) is 19.2 Å². The SMILES string of the molecule is COCCOc1cc2ncnc(Nc3ccc(Oc4ccc(F)cc4)c(C4=CC(=O)C=CC4=O)c3)c2cc1OC. The Morgan fingerprint density at radius 1 is 0.875 bits per heavy atom. The van der Waals surface area contributed by atoms with Crippen molar-refractivity contribution in [2.45, 2.75) is 0 Å². The van der Waals surface area contributed by atoms with Gasteiger partial charge in [-0.05, 0) is 66.8 Å². The van der Waals surface area contributed by atoms with Crippen LogP contribution >= 0.6 is 0 Å². The molecule has 0 aliphatic heterocycles. The van der Waals surface area contributed by atoms with Crippen LogP contribution in [0.25, 0.3) is 16.5 Å². The molecule has 0 unspecified atom stereocenters. The highest BCUT2D eigenvalue weighted by Gasteiger charge is 2.21. The molecule has 0 radical (unpaired) electrons. The molecule has 0 spiro atoms. The number of hydrogen-bond acceptors (Lipinski definition) is 9. The highest BCUT2D eigenvalue weighted by Crippen LogP contribution is 2.37. The zero-order chi connectivity index (χ0) is 28.1. The Morgan fingerprint density at radius 3 is 2.48 bits per heavy atom. The summed E-state index contributed by atoms with van der Waals surface area (Å²) >= 11 is 0. The van der Waals surface area contributed by atoms with Gasteiger partial charge in [0.25, 0.3) is 0 Å². The molecule has 0 saturated carbocycles. The second-order valence-corrected chi connectivity index (χ2v) is 8.63. The number of methoxy groups -OCH3 is 2. The highest BCUT2D eigenvalue weighted by molar-refractivity contribution is 6.34. The Balaban J connectivity index is 1.52. The topological polar surface area (TPSA) is 109 Å². The van der Waals surface area contributed by atoms with Crippen LogP contribution in [0.3, 0.4) is 0 Å². The molecule has 0 bridgehead atoms. The molecule has 1 N–H and O–H groups in total. The van der Waals surface area contributed by atoms with E-state index in [-0.39, 0.29) is 17.1 Å². The minimum atomic E-state index is -0.407. The number of aromatic nitrogens is 2. The van der Waals surface area contributed by atoms with Crippen LogP contribution in [0.5, 0.6) is 23.0 Å². The average molecular weight is 542 g/mol. The zero-order valence-electron chi connectivity index (χ0n) is 21.6. The number of ether oxygens (including phenoxy) is 4. The lowest BCUT2D eigenvalue weighted by atomic mass is 9.95. The van der Waals surface area contributed by atoms with E-state index in [2.05, 4.69) is 15.3 Å². The van der Waals surface area contributed by atoms with Crippen LogP contribution in [0.1, 0.15) is 5.56 Å². The Kier molecular flexibility index (Phi) is 7.79. The summed E-state index contributed by atoms with van der Waals surface area (Å²) in [5.74, 6) is 1.09. The number of rotatable bonds is 10. The number of ketones is 2. The number of halogens is 1. The number of fused-ring (bicyclic) bond motifs is 1. The minimum absolute atomic E-state index is 0.167. The molecule has 5 rings (SSSR count). The van der Waals surface area contributed by atoms with Gasteiger partial charge in [-0.25, -0.2) is 14.4 Å². The lowest BCUT2D eigenvalue weighted by molar-refractivity contribution is -0.113. The first-order valence-electron chi connectivity index (χ1n) is 12.2. The fourth-order valence-corrected chi connectivity index (χ4v) is 4.06. The third-order valence-electron chi connectivity index (χ3n) is 5.99. The molecule has 1 aromatic heterocycles. The molecule has 0 saturated heterocycles. The van der Waals surface area contributed by atoms with Gasteiger partial charge in [0.2, 0.25) is 0 Å². The Hall–Kier alpha value is -5.09. The van der Waals surface area contributed by atoms with Crippen LogP contribution in [0, 0.1) is 5.82 Å². The predicted octanol–water partition coefficient (Wildman–Crippen LogP) is 5.43. The van der Waals surface area contributed by atoms with E-state index in [1.165, 1.54) is 55.9 Å². The van der Waals surface area contributed by atoms with Crippen LogP contribution in [-0.4, -0.2) is 49.0 Å². The number of anilines is 2. The van der Waals surface area contributed by atoms with Crippen molar-refractivity contribution < 1.29 is 32.9 Å². The summed E-state index contributed by atoms with van der Waals surface area (Å²) in [6.45, 7) is 0.761. The van der Waals surface area contributed by atoms with Crippen LogP contribution in [0.15, 0.2) is 79.2 Å². The largest absolute Gasteiger partial charge is 0.493 e. The number of carbonyl (C=O) groups excluding carboxylic acids is 2. The molecule has 0 fully saturated rings. The molecular weight excluding hydrogens is 517 g/mol. The maximum Gasteiger partial charge on any atom is 0.186 e. The molecular formula is C30H24FN3O6. The van der Waals surface area contributed by atoms with Crippen molar-refractivity contribution in [3.8, 4) is 23.0 Å². The second-order valence-electron chi connectivity index (χ2n) is 8.63. The summed E-state index contributed by atoms with van der Waals surface area (Å²) in [5.41, 5.74) is 1.72. The van der Waals surface area contributed by atoms with Crippen molar-refractivity contribution >= 4 is 39.5 Å². The van der Waals surface area contributed by atoms with E-state index in [1.54, 1.807) is 37.4 Å². The van der Waals surface area contributed by atoms with E-state index >= 15 is 0 Å². The number of hydrogen-bond donors (Lipinski definition) is 1. The number of carbonyl (C=O) groups is 2. The van der Waals surface area contributed by atoms with Crippen molar-refractivity contribution in [3.63, 3.8) is 0 Å². The summed E-state index contributed by atoms with van der Waals surface area (Å²) in [7, 11) is 3.13. The van der Waals surface area contributed by atoms with Crippen molar-refractivity contribution in [1.29, 1.82) is 0 Å². The van der Waals surface area contributed by atoms with Gasteiger partial charge in [-0.1, -0.05) is 0 Å². The Morgan fingerprint density at radius 2 is 1.70 bits per heavy atom. The summed E-state index contributed by atoms with van der Waals surface area (Å²) in [6.07, 6.45) is 5.10. The summed E-state index contributed by atoms with van der Waals surface area (Å²) in [6, 6.07) is 14.1. The minimum Gasteiger partial charge on any atom is -0.493 e. The number of nitrogens with zero attached hydrogens (tertiary/aromatic N) is 2. The van der Waals surface area contributed by atoms with Crippen molar-refractivity contribution in [2.75, 3.05) is 32.8 Å².